The number of carbonyl (C=O) groups is 2. The van der Waals surface area contributed by atoms with Crippen LogP contribution in [0.1, 0.15) is 0 Å². The second-order valence-electron chi connectivity index (χ2n) is 2.07. The number of aliphatic hydroxyl groups excluding tert-OH is 2. The highest BCUT2D eigenvalue weighted by molar-refractivity contribution is 5.76. The van der Waals surface area contributed by atoms with Crippen LogP contribution >= 0.6 is 0 Å². The number of nitrogens with zero attached hydrogens (tertiary/aromatic N) is 1. The van der Waals surface area contributed by atoms with E-state index in [0.717, 1.165) is 4.90 Å². The van der Waals surface area contributed by atoms with Crippen molar-refractivity contribution in [2.75, 3.05) is 26.4 Å². The summed E-state index contributed by atoms with van der Waals surface area (Å²) in [6, 6.07) is 0. The van der Waals surface area contributed by atoms with Crippen molar-refractivity contribution in [3.63, 3.8) is 0 Å². The molecule has 12 heavy (non-hydrogen) atoms. The molecule has 3 N–H and O–H groups in total. The fourth-order valence-electron chi connectivity index (χ4n) is 0.552. The van der Waals surface area contributed by atoms with Crippen LogP contribution in [0.4, 0.5) is 0 Å². The maximum absolute atomic E-state index is 10.4. The van der Waals surface area contributed by atoms with Gasteiger partial charge in [0.05, 0.1) is 0 Å². The summed E-state index contributed by atoms with van der Waals surface area (Å²) in [6.45, 7) is -0.497. The van der Waals surface area contributed by atoms with Gasteiger partial charge in [0.15, 0.2) is 0 Å². The average Bonchev–Trinajstić information content (AvgIpc) is 2.12. The summed E-state index contributed by atoms with van der Waals surface area (Å²) in [5, 5.41) is 19.1. The summed E-state index contributed by atoms with van der Waals surface area (Å²) >= 11 is 0. The molecule has 0 spiro atoms. The lowest BCUT2D eigenvalue weighted by atomic mass is 10.5. The molecule has 0 aromatic rings. The molecule has 0 aliphatic rings. The summed E-state index contributed by atoms with van der Waals surface area (Å²) in [4.78, 5) is 21.6. The molecule has 6 heteroatoms. The lowest BCUT2D eigenvalue weighted by Gasteiger charge is -2.13. The number of amides is 2. The van der Waals surface area contributed by atoms with Gasteiger partial charge in [0.2, 0.25) is 12.3 Å². The van der Waals surface area contributed by atoms with E-state index in [9.17, 15) is 9.59 Å². The van der Waals surface area contributed by atoms with Gasteiger partial charge in [-0.2, -0.15) is 0 Å². The molecule has 0 radical (unpaired) electrons. The van der Waals surface area contributed by atoms with Gasteiger partial charge in [-0.05, 0) is 0 Å². The lowest BCUT2D eigenvalue weighted by molar-refractivity contribution is -0.125. The Hall–Kier alpha value is -1.14. The van der Waals surface area contributed by atoms with E-state index in [1.807, 2.05) is 0 Å². The van der Waals surface area contributed by atoms with Crippen molar-refractivity contribution in [3.8, 4) is 0 Å². The molecule has 70 valence electrons. The van der Waals surface area contributed by atoms with Gasteiger partial charge in [0, 0.05) is 13.1 Å². The number of carbonyl (C=O) groups excluding carboxylic acids is 2. The Kier molecular flexibility index (Phi) is 5.94. The monoisotopic (exact) mass is 176 g/mol. The van der Waals surface area contributed by atoms with E-state index >= 15 is 0 Å². The molecule has 0 rings (SSSR count). The van der Waals surface area contributed by atoms with Crippen LogP contribution in [-0.2, 0) is 9.59 Å². The van der Waals surface area contributed by atoms with Crippen molar-refractivity contribution in [3.05, 3.63) is 0 Å². The van der Waals surface area contributed by atoms with Gasteiger partial charge in [-0.25, -0.2) is 0 Å². The molecular formula is C6H12N2O4. The molecule has 0 aromatic heterocycles. The number of hydrogen-bond acceptors (Lipinski definition) is 4. The summed E-state index contributed by atoms with van der Waals surface area (Å²) < 4.78 is 0. The van der Waals surface area contributed by atoms with Gasteiger partial charge in [-0.3, -0.25) is 9.59 Å². The zero-order valence-corrected chi connectivity index (χ0v) is 6.56. The molecule has 2 amide bonds. The first-order valence-corrected chi connectivity index (χ1v) is 3.42. The molecule has 6 nitrogen and oxygen atoms in total. The number of hydrogen-bond donors (Lipinski definition) is 3. The summed E-state index contributed by atoms with van der Waals surface area (Å²) in [5.41, 5.74) is 0. The number of nitrogens with one attached hydrogen (secondary N) is 1. The third-order valence-corrected chi connectivity index (χ3v) is 1.20. The van der Waals surface area contributed by atoms with Gasteiger partial charge in [0.1, 0.15) is 13.3 Å². The SMILES string of the molecule is O=CN(CO)CCNC(=O)CO. The Bertz CT molecular complexity index is 150. The first kappa shape index (κ1) is 10.9. The van der Waals surface area contributed by atoms with Crippen LogP contribution in [0.3, 0.4) is 0 Å². The second-order valence-corrected chi connectivity index (χ2v) is 2.07. The minimum Gasteiger partial charge on any atom is -0.387 e. The normalized spacial score (nSPS) is 9.17. The number of aliphatic hydroxyl groups is 2. The van der Waals surface area contributed by atoms with Crippen molar-refractivity contribution in [2.24, 2.45) is 0 Å². The highest BCUT2D eigenvalue weighted by Crippen LogP contribution is 1.76. The van der Waals surface area contributed by atoms with Crippen LogP contribution in [0.2, 0.25) is 0 Å². The molecule has 0 saturated heterocycles. The Labute approximate surface area is 69.8 Å². The van der Waals surface area contributed by atoms with Gasteiger partial charge in [-0.1, -0.05) is 0 Å². The van der Waals surface area contributed by atoms with E-state index in [1.165, 1.54) is 0 Å². The van der Waals surface area contributed by atoms with Crippen LogP contribution < -0.4 is 5.32 Å². The highest BCUT2D eigenvalue weighted by Gasteiger charge is 2.00. The first-order chi connectivity index (χ1) is 5.74. The van der Waals surface area contributed by atoms with Crippen molar-refractivity contribution in [1.82, 2.24) is 10.2 Å². The van der Waals surface area contributed by atoms with Crippen LogP contribution in [0, 0.1) is 0 Å². The van der Waals surface area contributed by atoms with Gasteiger partial charge < -0.3 is 20.4 Å². The van der Waals surface area contributed by atoms with Crippen LogP contribution in [-0.4, -0.2) is 53.9 Å². The quantitative estimate of drug-likeness (QED) is 0.308. The molecule has 0 aromatic carbocycles. The van der Waals surface area contributed by atoms with Crippen molar-refractivity contribution in [1.29, 1.82) is 0 Å². The summed E-state index contributed by atoms with van der Waals surface area (Å²) in [7, 11) is 0. The fraction of sp³-hybridized carbons (Fsp3) is 0.667. The second kappa shape index (κ2) is 6.56. The molecule has 0 fully saturated rings. The third-order valence-electron chi connectivity index (χ3n) is 1.20. The van der Waals surface area contributed by atoms with Crippen LogP contribution in [0.5, 0.6) is 0 Å². The number of rotatable bonds is 6. The highest BCUT2D eigenvalue weighted by atomic mass is 16.3. The van der Waals surface area contributed by atoms with E-state index in [4.69, 9.17) is 10.2 Å². The minimum absolute atomic E-state index is 0.221. The van der Waals surface area contributed by atoms with Crippen molar-refractivity contribution < 1.29 is 19.8 Å². The zero-order valence-electron chi connectivity index (χ0n) is 6.56. The molecular weight excluding hydrogens is 164 g/mol. The predicted molar refractivity (Wildman–Crippen MR) is 40.0 cm³/mol. The standard InChI is InChI=1S/C6H12N2O4/c9-3-6(12)7-1-2-8(4-10)5-11/h4,9,11H,1-3,5H2,(H,7,12). The van der Waals surface area contributed by atoms with E-state index in [1.54, 1.807) is 0 Å². The van der Waals surface area contributed by atoms with E-state index in [-0.39, 0.29) is 19.8 Å². The molecule has 0 bridgehead atoms. The van der Waals surface area contributed by atoms with Crippen LogP contribution in [0.25, 0.3) is 0 Å². The first-order valence-electron chi connectivity index (χ1n) is 3.42. The van der Waals surface area contributed by atoms with Gasteiger partial charge in [-0.15, -0.1) is 0 Å². The Balaban J connectivity index is 3.40. The van der Waals surface area contributed by atoms with Crippen molar-refractivity contribution >= 4 is 12.3 Å². The predicted octanol–water partition coefficient (Wildman–Crippen LogP) is -2.50. The Morgan fingerprint density at radius 3 is 2.58 bits per heavy atom. The van der Waals surface area contributed by atoms with E-state index < -0.39 is 12.5 Å². The van der Waals surface area contributed by atoms with Crippen molar-refractivity contribution in [2.45, 2.75) is 0 Å². The lowest BCUT2D eigenvalue weighted by Crippen LogP contribution is -2.35. The Morgan fingerprint density at radius 1 is 1.50 bits per heavy atom. The van der Waals surface area contributed by atoms with E-state index in [0.29, 0.717) is 6.41 Å². The summed E-state index contributed by atoms with van der Waals surface area (Å²) in [5.74, 6) is -0.501. The van der Waals surface area contributed by atoms with E-state index in [2.05, 4.69) is 5.32 Å². The molecule has 0 saturated carbocycles. The summed E-state index contributed by atoms with van der Waals surface area (Å²) in [6.07, 6.45) is 0.477. The van der Waals surface area contributed by atoms with Gasteiger partial charge >= 0.3 is 0 Å². The zero-order chi connectivity index (χ0) is 9.40. The largest absolute Gasteiger partial charge is 0.387 e. The minimum atomic E-state index is -0.569. The molecule has 0 unspecified atom stereocenters. The molecule has 0 heterocycles. The average molecular weight is 176 g/mol. The van der Waals surface area contributed by atoms with Crippen LogP contribution in [0.15, 0.2) is 0 Å². The smallest absolute Gasteiger partial charge is 0.245 e. The Morgan fingerprint density at radius 2 is 2.17 bits per heavy atom. The fourth-order valence-corrected chi connectivity index (χ4v) is 0.552. The van der Waals surface area contributed by atoms with Gasteiger partial charge in [0.25, 0.3) is 0 Å². The maximum atomic E-state index is 10.4. The molecule has 0 aliphatic carbocycles. The maximum Gasteiger partial charge on any atom is 0.245 e. The third kappa shape index (κ3) is 4.64. The molecule has 0 atom stereocenters. The topological polar surface area (TPSA) is 89.9 Å². The molecule has 0 aliphatic heterocycles.